The van der Waals surface area contributed by atoms with Gasteiger partial charge >= 0.3 is 12.3 Å². The molecule has 2 aromatic carbocycles. The zero-order valence-electron chi connectivity index (χ0n) is 19.2. The van der Waals surface area contributed by atoms with Crippen molar-refractivity contribution in [3.63, 3.8) is 0 Å². The lowest BCUT2D eigenvalue weighted by molar-refractivity contribution is -0.138. The van der Waals surface area contributed by atoms with Gasteiger partial charge in [-0.25, -0.2) is 18.2 Å². The molecule has 190 valence electrons. The van der Waals surface area contributed by atoms with Crippen LogP contribution in [0.25, 0.3) is 0 Å². The molecule has 0 N–H and O–H groups in total. The summed E-state index contributed by atoms with van der Waals surface area (Å²) in [7, 11) is -2.39. The highest BCUT2D eigenvalue weighted by atomic mass is 32.2. The van der Waals surface area contributed by atoms with Crippen LogP contribution in [0.1, 0.15) is 22.6 Å². The molecule has 0 aliphatic carbocycles. The molecule has 3 aromatic rings. The Kier molecular flexibility index (Phi) is 5.83. The number of ether oxygens (including phenoxy) is 1. The number of hydrogen-bond donors (Lipinski definition) is 0. The lowest BCUT2D eigenvalue weighted by atomic mass is 9.81. The molecule has 1 amide bonds. The summed E-state index contributed by atoms with van der Waals surface area (Å²) >= 11 is 0. The topological polar surface area (TPSA) is 84.7 Å². The number of nitrogens with zero attached hydrogens (tertiary/aromatic N) is 4. The van der Waals surface area contributed by atoms with Crippen molar-refractivity contribution in [2.75, 3.05) is 19.7 Å². The van der Waals surface area contributed by atoms with E-state index in [1.54, 1.807) is 25.2 Å². The Morgan fingerprint density at radius 2 is 1.81 bits per heavy atom. The van der Waals surface area contributed by atoms with E-state index in [1.165, 1.54) is 44.5 Å². The average Bonchev–Trinajstić information content (AvgIpc) is 3.54. The molecule has 36 heavy (non-hydrogen) atoms. The molecular weight excluding hydrogens is 497 g/mol. The van der Waals surface area contributed by atoms with Gasteiger partial charge in [-0.05, 0) is 17.2 Å². The third-order valence-corrected chi connectivity index (χ3v) is 8.52. The lowest BCUT2D eigenvalue weighted by Crippen LogP contribution is -2.52. The maximum Gasteiger partial charge on any atom is 0.416 e. The minimum Gasteiger partial charge on any atom is -0.447 e. The molecule has 2 aliphatic rings. The number of halogens is 3. The predicted molar refractivity (Wildman–Crippen MR) is 122 cm³/mol. The summed E-state index contributed by atoms with van der Waals surface area (Å²) in [5, 5.41) is -0.145. The molecule has 2 saturated heterocycles. The van der Waals surface area contributed by atoms with Crippen LogP contribution < -0.4 is 0 Å². The Labute approximate surface area is 206 Å². The summed E-state index contributed by atoms with van der Waals surface area (Å²) in [5.41, 5.74) is -1.41. The monoisotopic (exact) mass is 520 g/mol. The summed E-state index contributed by atoms with van der Waals surface area (Å²) in [6, 6.07) is 14.1. The number of aryl methyl sites for hydroxylation is 1. The van der Waals surface area contributed by atoms with E-state index in [0.717, 1.165) is 11.6 Å². The van der Waals surface area contributed by atoms with Crippen molar-refractivity contribution in [2.45, 2.75) is 29.2 Å². The first-order chi connectivity index (χ1) is 17.0. The fourth-order valence-corrected chi connectivity index (χ4v) is 6.55. The molecule has 0 bridgehead atoms. The lowest BCUT2D eigenvalue weighted by Gasteiger charge is -2.37. The largest absolute Gasteiger partial charge is 0.447 e. The Balaban J connectivity index is 1.58. The first kappa shape index (κ1) is 24.3. The maximum absolute atomic E-state index is 13.7. The second kappa shape index (κ2) is 8.63. The summed E-state index contributed by atoms with van der Waals surface area (Å²) < 4.78 is 76.2. The summed E-state index contributed by atoms with van der Waals surface area (Å²) in [5.74, 6) is -0.540. The van der Waals surface area contributed by atoms with Gasteiger partial charge in [0, 0.05) is 32.3 Å². The number of amides is 1. The highest BCUT2D eigenvalue weighted by Crippen LogP contribution is 2.46. The molecule has 12 heteroatoms. The van der Waals surface area contributed by atoms with Gasteiger partial charge in [0.25, 0.3) is 10.0 Å². The number of alkyl halides is 3. The fraction of sp³-hybridized carbons (Fsp3) is 0.333. The molecule has 3 heterocycles. The Morgan fingerprint density at radius 3 is 2.47 bits per heavy atom. The van der Waals surface area contributed by atoms with Crippen molar-refractivity contribution in [1.82, 2.24) is 18.8 Å². The second-order valence-corrected chi connectivity index (χ2v) is 10.9. The van der Waals surface area contributed by atoms with E-state index in [1.807, 2.05) is 12.1 Å². The van der Waals surface area contributed by atoms with Gasteiger partial charge in [0.05, 0.1) is 18.4 Å². The third-order valence-electron chi connectivity index (χ3n) is 6.83. The second-order valence-electron chi connectivity index (χ2n) is 9.04. The van der Waals surface area contributed by atoms with E-state index in [0.29, 0.717) is 0 Å². The van der Waals surface area contributed by atoms with Gasteiger partial charge in [0.1, 0.15) is 12.1 Å². The standard InChI is InChI=1S/C24H23F3N4O4S/c1-29-13-21(28-16-29)36(33,34)30-12-20(17-7-3-2-4-8-17)23(14-30)15-35-22(32)31(23)11-18-9-5-6-10-19(18)24(25,26)27/h2-10,13,16,20H,11-12,14-15H2,1H3. The Hall–Kier alpha value is -3.38. The van der Waals surface area contributed by atoms with Crippen molar-refractivity contribution in [3.05, 3.63) is 83.8 Å². The zero-order chi connectivity index (χ0) is 25.7. The molecule has 2 aliphatic heterocycles. The molecule has 5 rings (SSSR count). The first-order valence-corrected chi connectivity index (χ1v) is 12.6. The summed E-state index contributed by atoms with van der Waals surface area (Å²) in [6.45, 7) is -0.675. The molecule has 0 radical (unpaired) electrons. The van der Waals surface area contributed by atoms with Gasteiger partial charge in [-0.15, -0.1) is 0 Å². The Bertz CT molecular complexity index is 1390. The van der Waals surface area contributed by atoms with E-state index < -0.39 is 39.3 Å². The van der Waals surface area contributed by atoms with Crippen LogP contribution in [0.15, 0.2) is 72.1 Å². The van der Waals surface area contributed by atoms with Gasteiger partial charge in [-0.2, -0.15) is 17.5 Å². The summed E-state index contributed by atoms with van der Waals surface area (Å²) in [6.07, 6.45) is -2.65. The number of cyclic esters (lactones) is 1. The average molecular weight is 521 g/mol. The van der Waals surface area contributed by atoms with Crippen LogP contribution in [0.5, 0.6) is 0 Å². The number of hydrogen-bond acceptors (Lipinski definition) is 5. The molecule has 2 fully saturated rings. The van der Waals surface area contributed by atoms with Crippen LogP contribution in [0.4, 0.5) is 18.0 Å². The number of aromatic nitrogens is 2. The minimum absolute atomic E-state index is 0.0109. The molecule has 0 saturated carbocycles. The van der Waals surface area contributed by atoms with Crippen LogP contribution in [-0.4, -0.2) is 58.5 Å². The van der Waals surface area contributed by atoms with Gasteiger partial charge in [-0.3, -0.25) is 4.90 Å². The van der Waals surface area contributed by atoms with E-state index in [9.17, 15) is 26.4 Å². The normalized spacial score (nSPS) is 22.9. The van der Waals surface area contributed by atoms with E-state index in [4.69, 9.17) is 4.74 Å². The number of benzene rings is 2. The molecular formula is C24H23F3N4O4S. The predicted octanol–water partition coefficient (Wildman–Crippen LogP) is 3.62. The van der Waals surface area contributed by atoms with E-state index >= 15 is 0 Å². The first-order valence-electron chi connectivity index (χ1n) is 11.1. The summed E-state index contributed by atoms with van der Waals surface area (Å²) in [4.78, 5) is 18.2. The number of carbonyl (C=O) groups is 1. The SMILES string of the molecule is Cn1cnc(S(=O)(=O)N2CC(c3ccccc3)C3(COC(=O)N3Cc3ccccc3C(F)(F)F)C2)c1. The van der Waals surface area contributed by atoms with Crippen LogP contribution >= 0.6 is 0 Å². The quantitative estimate of drug-likeness (QED) is 0.513. The van der Waals surface area contributed by atoms with Crippen molar-refractivity contribution < 1.29 is 31.1 Å². The zero-order valence-corrected chi connectivity index (χ0v) is 20.0. The van der Waals surface area contributed by atoms with Crippen molar-refractivity contribution >= 4 is 16.1 Å². The smallest absolute Gasteiger partial charge is 0.416 e. The van der Waals surface area contributed by atoms with Crippen LogP contribution in [0.3, 0.4) is 0 Å². The fourth-order valence-electron chi connectivity index (χ4n) is 5.06. The van der Waals surface area contributed by atoms with Crippen LogP contribution in [-0.2, 0) is 34.5 Å². The maximum atomic E-state index is 13.7. The number of rotatable bonds is 5. The van der Waals surface area contributed by atoms with Gasteiger partial charge in [-0.1, -0.05) is 48.5 Å². The van der Waals surface area contributed by atoms with Crippen molar-refractivity contribution in [3.8, 4) is 0 Å². The van der Waals surface area contributed by atoms with Gasteiger partial charge < -0.3 is 9.30 Å². The van der Waals surface area contributed by atoms with Crippen LogP contribution in [0, 0.1) is 0 Å². The highest BCUT2D eigenvalue weighted by molar-refractivity contribution is 7.89. The molecule has 2 unspecified atom stereocenters. The molecule has 1 spiro atoms. The number of sulfonamides is 1. The van der Waals surface area contributed by atoms with Gasteiger partial charge in [0.2, 0.25) is 0 Å². The van der Waals surface area contributed by atoms with Crippen molar-refractivity contribution in [1.29, 1.82) is 0 Å². The molecule has 8 nitrogen and oxygen atoms in total. The number of carbonyl (C=O) groups excluding carboxylic acids is 1. The number of imidazole rings is 1. The molecule has 2 atom stereocenters. The minimum atomic E-state index is -4.61. The van der Waals surface area contributed by atoms with Gasteiger partial charge in [0.15, 0.2) is 5.03 Å². The molecule has 1 aromatic heterocycles. The highest BCUT2D eigenvalue weighted by Gasteiger charge is 2.60. The Morgan fingerprint density at radius 1 is 1.11 bits per heavy atom. The third kappa shape index (κ3) is 4.03. The van der Waals surface area contributed by atoms with Crippen LogP contribution in [0.2, 0.25) is 0 Å². The van der Waals surface area contributed by atoms with E-state index in [2.05, 4.69) is 4.98 Å². The van der Waals surface area contributed by atoms with E-state index in [-0.39, 0.29) is 36.8 Å². The van der Waals surface area contributed by atoms with Crippen molar-refractivity contribution in [2.24, 2.45) is 7.05 Å².